The van der Waals surface area contributed by atoms with Gasteiger partial charge in [0.15, 0.2) is 6.29 Å². The Morgan fingerprint density at radius 1 is 1.46 bits per heavy atom. The van der Waals surface area contributed by atoms with Crippen LogP contribution in [0.25, 0.3) is 10.1 Å². The number of carbonyl (C=O) groups excluding carboxylic acids is 1. The lowest BCUT2D eigenvalue weighted by Gasteiger charge is -1.95. The molecule has 0 N–H and O–H groups in total. The van der Waals surface area contributed by atoms with Crippen LogP contribution in [0.4, 0.5) is 4.39 Å². The first kappa shape index (κ1) is 8.66. The molecule has 0 unspecified atom stereocenters. The van der Waals surface area contributed by atoms with Crippen molar-refractivity contribution in [2.24, 2.45) is 0 Å². The number of carbonyl (C=O) groups is 1. The summed E-state index contributed by atoms with van der Waals surface area (Å²) in [6, 6.07) is 2.54. The summed E-state index contributed by atoms with van der Waals surface area (Å²) in [5.74, 6) is -0.435. The fraction of sp³-hybridized carbons (Fsp3) is 0. The van der Waals surface area contributed by atoms with Crippen molar-refractivity contribution in [1.29, 1.82) is 0 Å². The Labute approximate surface area is 82.7 Å². The molecule has 0 radical (unpaired) electrons. The van der Waals surface area contributed by atoms with Crippen LogP contribution in [0, 0.1) is 5.82 Å². The minimum atomic E-state index is -0.435. The van der Waals surface area contributed by atoms with Crippen LogP contribution in [0.3, 0.4) is 0 Å². The van der Waals surface area contributed by atoms with Crippen LogP contribution in [-0.2, 0) is 0 Å². The standard InChI is InChI=1S/C9H4ClFOS/c10-8-4-13-9-5(3-12)1-6(11)2-7(8)9/h1-4H. The van der Waals surface area contributed by atoms with E-state index in [9.17, 15) is 9.18 Å². The zero-order valence-corrected chi connectivity index (χ0v) is 7.95. The Kier molecular flexibility index (Phi) is 2.06. The van der Waals surface area contributed by atoms with E-state index in [1.165, 1.54) is 23.5 Å². The van der Waals surface area contributed by atoms with Gasteiger partial charge in [0.05, 0.1) is 5.02 Å². The van der Waals surface area contributed by atoms with Crippen molar-refractivity contribution in [3.63, 3.8) is 0 Å². The molecule has 1 aromatic heterocycles. The molecule has 0 atom stereocenters. The van der Waals surface area contributed by atoms with E-state index in [2.05, 4.69) is 0 Å². The summed E-state index contributed by atoms with van der Waals surface area (Å²) in [5.41, 5.74) is 0.354. The van der Waals surface area contributed by atoms with Crippen LogP contribution in [0.1, 0.15) is 10.4 Å². The summed E-state index contributed by atoms with van der Waals surface area (Å²) >= 11 is 7.15. The lowest BCUT2D eigenvalue weighted by atomic mass is 10.2. The molecular weight excluding hydrogens is 211 g/mol. The van der Waals surface area contributed by atoms with Gasteiger partial charge in [0.25, 0.3) is 0 Å². The summed E-state index contributed by atoms with van der Waals surface area (Å²) < 4.78 is 13.7. The first-order chi connectivity index (χ1) is 6.22. The van der Waals surface area contributed by atoms with Crippen molar-refractivity contribution in [1.82, 2.24) is 0 Å². The van der Waals surface area contributed by atoms with Crippen molar-refractivity contribution in [2.75, 3.05) is 0 Å². The van der Waals surface area contributed by atoms with Gasteiger partial charge in [0, 0.05) is 21.0 Å². The summed E-state index contributed by atoms with van der Waals surface area (Å²) in [7, 11) is 0. The fourth-order valence-electron chi connectivity index (χ4n) is 1.19. The highest BCUT2D eigenvalue weighted by Crippen LogP contribution is 2.32. The van der Waals surface area contributed by atoms with Gasteiger partial charge in [0.2, 0.25) is 0 Å². The SMILES string of the molecule is O=Cc1cc(F)cc2c(Cl)csc12. The molecule has 2 rings (SSSR count). The van der Waals surface area contributed by atoms with Crippen molar-refractivity contribution < 1.29 is 9.18 Å². The van der Waals surface area contributed by atoms with Gasteiger partial charge in [-0.1, -0.05) is 11.6 Å². The van der Waals surface area contributed by atoms with Crippen LogP contribution < -0.4 is 0 Å². The second kappa shape index (κ2) is 3.09. The highest BCUT2D eigenvalue weighted by atomic mass is 35.5. The quantitative estimate of drug-likeness (QED) is 0.664. The van der Waals surface area contributed by atoms with Crippen molar-refractivity contribution in [3.05, 3.63) is 33.9 Å². The normalized spacial score (nSPS) is 10.6. The van der Waals surface area contributed by atoms with Gasteiger partial charge >= 0.3 is 0 Å². The lowest BCUT2D eigenvalue weighted by Crippen LogP contribution is -1.82. The summed E-state index contributed by atoms with van der Waals surface area (Å²) in [6.07, 6.45) is 0.637. The second-order valence-electron chi connectivity index (χ2n) is 2.57. The summed E-state index contributed by atoms with van der Waals surface area (Å²) in [5, 5.41) is 2.79. The van der Waals surface area contributed by atoms with Gasteiger partial charge in [-0.3, -0.25) is 4.79 Å². The maximum Gasteiger partial charge on any atom is 0.151 e. The number of hydrogen-bond acceptors (Lipinski definition) is 2. The van der Waals surface area contributed by atoms with E-state index in [0.717, 1.165) is 4.70 Å². The molecule has 1 heterocycles. The Morgan fingerprint density at radius 2 is 2.23 bits per heavy atom. The number of thiophene rings is 1. The third-order valence-electron chi connectivity index (χ3n) is 1.75. The van der Waals surface area contributed by atoms with Crippen molar-refractivity contribution in [3.8, 4) is 0 Å². The van der Waals surface area contributed by atoms with Gasteiger partial charge < -0.3 is 0 Å². The highest BCUT2D eigenvalue weighted by Gasteiger charge is 2.08. The molecule has 0 amide bonds. The third-order valence-corrected chi connectivity index (χ3v) is 3.23. The zero-order chi connectivity index (χ0) is 9.42. The van der Waals surface area contributed by atoms with Crippen molar-refractivity contribution >= 4 is 39.3 Å². The summed E-state index contributed by atoms with van der Waals surface area (Å²) in [6.45, 7) is 0. The number of aldehydes is 1. The average molecular weight is 215 g/mol. The highest BCUT2D eigenvalue weighted by molar-refractivity contribution is 7.18. The predicted octanol–water partition coefficient (Wildman–Crippen LogP) is 3.51. The Balaban J connectivity index is 2.91. The number of hydrogen-bond donors (Lipinski definition) is 0. The minimum absolute atomic E-state index is 0.354. The van der Waals surface area contributed by atoms with E-state index in [1.807, 2.05) is 0 Å². The maximum atomic E-state index is 12.9. The average Bonchev–Trinajstić information content (AvgIpc) is 2.47. The zero-order valence-electron chi connectivity index (χ0n) is 6.38. The fourth-order valence-corrected chi connectivity index (χ4v) is 2.41. The van der Waals surface area contributed by atoms with Crippen LogP contribution >= 0.6 is 22.9 Å². The van der Waals surface area contributed by atoms with Gasteiger partial charge in [-0.05, 0) is 12.1 Å². The monoisotopic (exact) mass is 214 g/mol. The molecule has 0 saturated carbocycles. The molecule has 0 aliphatic carbocycles. The van der Waals surface area contributed by atoms with E-state index < -0.39 is 5.82 Å². The van der Waals surface area contributed by atoms with Crippen molar-refractivity contribution in [2.45, 2.75) is 0 Å². The minimum Gasteiger partial charge on any atom is -0.298 e. The molecule has 0 saturated heterocycles. The van der Waals surface area contributed by atoms with Gasteiger partial charge in [-0.15, -0.1) is 11.3 Å². The largest absolute Gasteiger partial charge is 0.298 e. The molecule has 2 aromatic rings. The van der Waals surface area contributed by atoms with Crippen LogP contribution in [0.15, 0.2) is 17.5 Å². The predicted molar refractivity (Wildman–Crippen MR) is 52.2 cm³/mol. The number of rotatable bonds is 1. The number of halogens is 2. The van der Waals surface area contributed by atoms with E-state index >= 15 is 0 Å². The Hall–Kier alpha value is -0.930. The van der Waals surface area contributed by atoms with Crippen LogP contribution in [0.5, 0.6) is 0 Å². The molecule has 1 nitrogen and oxygen atoms in total. The second-order valence-corrected chi connectivity index (χ2v) is 3.86. The molecule has 0 aliphatic heterocycles. The van der Waals surface area contributed by atoms with E-state index in [-0.39, 0.29) is 0 Å². The molecule has 66 valence electrons. The van der Waals surface area contributed by atoms with Crippen LogP contribution in [-0.4, -0.2) is 6.29 Å². The van der Waals surface area contributed by atoms with Crippen LogP contribution in [0.2, 0.25) is 5.02 Å². The third kappa shape index (κ3) is 1.34. The van der Waals surface area contributed by atoms with Gasteiger partial charge in [0.1, 0.15) is 5.82 Å². The molecular formula is C9H4ClFOS. The lowest BCUT2D eigenvalue weighted by molar-refractivity contribution is 0.112. The Morgan fingerprint density at radius 3 is 2.92 bits per heavy atom. The van der Waals surface area contributed by atoms with E-state index in [1.54, 1.807) is 5.38 Å². The first-order valence-corrected chi connectivity index (χ1v) is 4.79. The molecule has 0 fully saturated rings. The molecule has 0 aliphatic rings. The molecule has 0 spiro atoms. The molecule has 0 bridgehead atoms. The van der Waals surface area contributed by atoms with E-state index in [0.29, 0.717) is 22.3 Å². The van der Waals surface area contributed by atoms with Gasteiger partial charge in [-0.2, -0.15) is 0 Å². The smallest absolute Gasteiger partial charge is 0.151 e. The first-order valence-electron chi connectivity index (χ1n) is 3.54. The Bertz CT molecular complexity index is 478. The number of benzene rings is 1. The topological polar surface area (TPSA) is 17.1 Å². The molecule has 1 aromatic carbocycles. The molecule has 4 heteroatoms. The maximum absolute atomic E-state index is 12.9. The van der Waals surface area contributed by atoms with Gasteiger partial charge in [-0.25, -0.2) is 4.39 Å². The number of fused-ring (bicyclic) bond motifs is 1. The van der Waals surface area contributed by atoms with E-state index in [4.69, 9.17) is 11.6 Å². The molecule has 13 heavy (non-hydrogen) atoms. The summed E-state index contributed by atoms with van der Waals surface area (Å²) in [4.78, 5) is 10.6.